The van der Waals surface area contributed by atoms with Crippen LogP contribution >= 0.6 is 27.5 Å². The highest BCUT2D eigenvalue weighted by Crippen LogP contribution is 2.21. The number of nitrogens with zero attached hydrogens (tertiary/aromatic N) is 3. The Balaban J connectivity index is 2.49. The molecule has 0 N–H and O–H groups in total. The van der Waals surface area contributed by atoms with Crippen molar-refractivity contribution < 1.29 is 0 Å². The van der Waals surface area contributed by atoms with Crippen LogP contribution in [0.5, 0.6) is 0 Å². The summed E-state index contributed by atoms with van der Waals surface area (Å²) >= 11 is 9.28. The number of alkyl halides is 1. The molecule has 0 radical (unpaired) electrons. The van der Waals surface area contributed by atoms with E-state index in [1.807, 2.05) is 35.9 Å². The van der Waals surface area contributed by atoms with E-state index in [4.69, 9.17) is 11.6 Å². The second-order valence-corrected chi connectivity index (χ2v) is 4.14. The van der Waals surface area contributed by atoms with E-state index in [2.05, 4.69) is 26.1 Å². The first kappa shape index (κ1) is 10.6. The van der Waals surface area contributed by atoms with Gasteiger partial charge in [-0.2, -0.15) is 0 Å². The molecule has 0 unspecified atom stereocenters. The average molecular weight is 287 g/mol. The maximum Gasteiger partial charge on any atom is 0.163 e. The van der Waals surface area contributed by atoms with Crippen molar-refractivity contribution in [1.29, 1.82) is 0 Å². The standard InChI is InChI=1S/C10H9BrClN3/c1-15-9(6-11)13-14-10(15)7-3-2-4-8(12)5-7/h2-5H,6H2,1H3. The van der Waals surface area contributed by atoms with Gasteiger partial charge in [0.25, 0.3) is 0 Å². The van der Waals surface area contributed by atoms with Crippen molar-refractivity contribution in [2.24, 2.45) is 7.05 Å². The molecular weight excluding hydrogens is 277 g/mol. The van der Waals surface area contributed by atoms with E-state index in [9.17, 15) is 0 Å². The predicted molar refractivity (Wildman–Crippen MR) is 64.1 cm³/mol. The fraction of sp³-hybridized carbons (Fsp3) is 0.200. The van der Waals surface area contributed by atoms with Crippen LogP contribution in [0.15, 0.2) is 24.3 Å². The summed E-state index contributed by atoms with van der Waals surface area (Å²) in [6, 6.07) is 7.59. The molecular formula is C10H9BrClN3. The van der Waals surface area contributed by atoms with Gasteiger partial charge in [-0.1, -0.05) is 39.7 Å². The van der Waals surface area contributed by atoms with E-state index in [1.165, 1.54) is 0 Å². The van der Waals surface area contributed by atoms with E-state index < -0.39 is 0 Å². The van der Waals surface area contributed by atoms with Crippen LogP contribution in [0.1, 0.15) is 5.82 Å². The lowest BCUT2D eigenvalue weighted by Crippen LogP contribution is -1.96. The minimum absolute atomic E-state index is 0.692. The largest absolute Gasteiger partial charge is 0.313 e. The first-order valence-electron chi connectivity index (χ1n) is 4.42. The normalized spacial score (nSPS) is 10.6. The molecule has 0 saturated heterocycles. The lowest BCUT2D eigenvalue weighted by Gasteiger charge is -2.02. The van der Waals surface area contributed by atoms with Crippen LogP contribution < -0.4 is 0 Å². The summed E-state index contributed by atoms with van der Waals surface area (Å²) in [7, 11) is 1.94. The van der Waals surface area contributed by atoms with Crippen LogP contribution in [0.4, 0.5) is 0 Å². The van der Waals surface area contributed by atoms with Crippen molar-refractivity contribution in [2.75, 3.05) is 0 Å². The Bertz CT molecular complexity index is 481. The lowest BCUT2D eigenvalue weighted by molar-refractivity contribution is 0.859. The number of halogens is 2. The van der Waals surface area contributed by atoms with Crippen molar-refractivity contribution >= 4 is 27.5 Å². The third-order valence-electron chi connectivity index (χ3n) is 2.17. The molecule has 15 heavy (non-hydrogen) atoms. The summed E-state index contributed by atoms with van der Waals surface area (Å²) in [4.78, 5) is 0. The smallest absolute Gasteiger partial charge is 0.163 e. The van der Waals surface area contributed by atoms with Crippen LogP contribution in [-0.4, -0.2) is 14.8 Å². The topological polar surface area (TPSA) is 30.7 Å². The van der Waals surface area contributed by atoms with Gasteiger partial charge in [-0.3, -0.25) is 0 Å². The Morgan fingerprint density at radius 2 is 2.20 bits per heavy atom. The first-order chi connectivity index (χ1) is 7.22. The first-order valence-corrected chi connectivity index (χ1v) is 5.92. The van der Waals surface area contributed by atoms with Gasteiger partial charge in [0.1, 0.15) is 5.82 Å². The average Bonchev–Trinajstić information content (AvgIpc) is 2.59. The molecule has 1 aromatic heterocycles. The van der Waals surface area contributed by atoms with Gasteiger partial charge in [0.05, 0.1) is 5.33 Å². The van der Waals surface area contributed by atoms with E-state index in [0.717, 1.165) is 17.2 Å². The Kier molecular flexibility index (Phi) is 3.07. The fourth-order valence-electron chi connectivity index (χ4n) is 1.36. The van der Waals surface area contributed by atoms with Gasteiger partial charge in [0.15, 0.2) is 5.82 Å². The number of hydrogen-bond donors (Lipinski definition) is 0. The van der Waals surface area contributed by atoms with Crippen molar-refractivity contribution in [3.63, 3.8) is 0 Å². The monoisotopic (exact) mass is 285 g/mol. The number of benzene rings is 1. The highest BCUT2D eigenvalue weighted by atomic mass is 79.9. The second kappa shape index (κ2) is 4.33. The molecule has 0 amide bonds. The zero-order chi connectivity index (χ0) is 10.8. The molecule has 3 nitrogen and oxygen atoms in total. The number of rotatable bonds is 2. The zero-order valence-corrected chi connectivity index (χ0v) is 10.5. The van der Waals surface area contributed by atoms with Gasteiger partial charge in [-0.05, 0) is 12.1 Å². The molecule has 2 aromatic rings. The predicted octanol–water partition coefficient (Wildman–Crippen LogP) is 3.03. The molecule has 2 rings (SSSR count). The van der Waals surface area contributed by atoms with Crippen LogP contribution in [0, 0.1) is 0 Å². The van der Waals surface area contributed by atoms with E-state index >= 15 is 0 Å². The van der Waals surface area contributed by atoms with Gasteiger partial charge in [-0.25, -0.2) is 0 Å². The van der Waals surface area contributed by atoms with Gasteiger partial charge in [0.2, 0.25) is 0 Å². The van der Waals surface area contributed by atoms with Crippen LogP contribution in [0.3, 0.4) is 0 Å². The van der Waals surface area contributed by atoms with Crippen molar-refractivity contribution in [1.82, 2.24) is 14.8 Å². The van der Waals surface area contributed by atoms with Gasteiger partial charge in [-0.15, -0.1) is 10.2 Å². The molecule has 0 aliphatic rings. The van der Waals surface area contributed by atoms with Crippen LogP contribution in [0.25, 0.3) is 11.4 Å². The van der Waals surface area contributed by atoms with Crippen LogP contribution in [-0.2, 0) is 12.4 Å². The van der Waals surface area contributed by atoms with E-state index in [0.29, 0.717) is 10.4 Å². The Morgan fingerprint density at radius 3 is 2.80 bits per heavy atom. The minimum atomic E-state index is 0.692. The van der Waals surface area contributed by atoms with Gasteiger partial charge >= 0.3 is 0 Å². The third-order valence-corrected chi connectivity index (χ3v) is 2.90. The second-order valence-electron chi connectivity index (χ2n) is 3.14. The molecule has 78 valence electrons. The quantitative estimate of drug-likeness (QED) is 0.795. The molecule has 0 spiro atoms. The molecule has 0 fully saturated rings. The van der Waals surface area contributed by atoms with Crippen molar-refractivity contribution in [3.05, 3.63) is 35.1 Å². The van der Waals surface area contributed by atoms with Crippen molar-refractivity contribution in [3.8, 4) is 11.4 Å². The molecule has 0 aliphatic heterocycles. The van der Waals surface area contributed by atoms with Gasteiger partial charge < -0.3 is 4.57 Å². The number of aromatic nitrogens is 3. The Hall–Kier alpha value is -0.870. The summed E-state index contributed by atoms with van der Waals surface area (Å²) in [5.74, 6) is 1.72. The fourth-order valence-corrected chi connectivity index (χ4v) is 2.04. The molecule has 0 atom stereocenters. The minimum Gasteiger partial charge on any atom is -0.313 e. The molecule has 5 heteroatoms. The summed E-state index contributed by atoms with van der Waals surface area (Å²) in [5.41, 5.74) is 0.977. The highest BCUT2D eigenvalue weighted by Gasteiger charge is 2.09. The summed E-state index contributed by atoms with van der Waals surface area (Å²) < 4.78 is 1.94. The van der Waals surface area contributed by atoms with E-state index in [1.54, 1.807) is 0 Å². The highest BCUT2D eigenvalue weighted by molar-refractivity contribution is 9.08. The van der Waals surface area contributed by atoms with E-state index in [-0.39, 0.29) is 0 Å². The summed E-state index contributed by atoms with van der Waals surface area (Å²) in [5, 5.41) is 9.58. The molecule has 1 heterocycles. The van der Waals surface area contributed by atoms with Crippen LogP contribution in [0.2, 0.25) is 5.02 Å². The zero-order valence-electron chi connectivity index (χ0n) is 8.11. The maximum atomic E-state index is 5.92. The maximum absolute atomic E-state index is 5.92. The Morgan fingerprint density at radius 1 is 1.40 bits per heavy atom. The number of hydrogen-bond acceptors (Lipinski definition) is 2. The third kappa shape index (κ3) is 2.06. The van der Waals surface area contributed by atoms with Crippen molar-refractivity contribution in [2.45, 2.75) is 5.33 Å². The molecule has 0 saturated carbocycles. The lowest BCUT2D eigenvalue weighted by atomic mass is 10.2. The Labute approximate surface area is 101 Å². The molecule has 0 aliphatic carbocycles. The SMILES string of the molecule is Cn1c(CBr)nnc1-c1cccc(Cl)c1. The molecule has 0 bridgehead atoms. The summed E-state index contributed by atoms with van der Waals surface area (Å²) in [6.07, 6.45) is 0. The van der Waals surface area contributed by atoms with Gasteiger partial charge in [0, 0.05) is 17.6 Å². The summed E-state index contributed by atoms with van der Waals surface area (Å²) in [6.45, 7) is 0. The molecule has 1 aromatic carbocycles.